The Balaban J connectivity index is 1.27. The van der Waals surface area contributed by atoms with Crippen LogP contribution in [0.1, 0.15) is 42.6 Å². The van der Waals surface area contributed by atoms with Gasteiger partial charge in [0.25, 0.3) is 5.91 Å². The molecule has 0 saturated heterocycles. The highest BCUT2D eigenvalue weighted by Gasteiger charge is 2.24. The maximum absolute atomic E-state index is 13.3. The lowest BCUT2D eigenvalue weighted by Gasteiger charge is -2.30. The topological polar surface area (TPSA) is 75.2 Å². The van der Waals surface area contributed by atoms with Gasteiger partial charge in [0, 0.05) is 12.6 Å². The summed E-state index contributed by atoms with van der Waals surface area (Å²) < 4.78 is 13.3. The third-order valence-corrected chi connectivity index (χ3v) is 6.29. The fourth-order valence-corrected chi connectivity index (χ4v) is 4.46. The minimum Gasteiger partial charge on any atom is -0.348 e. The number of benzene rings is 2. The third-order valence-electron chi connectivity index (χ3n) is 5.99. The van der Waals surface area contributed by atoms with Crippen LogP contribution in [0.15, 0.2) is 48.7 Å². The number of hydrogen-bond acceptors (Lipinski definition) is 4. The Morgan fingerprint density at radius 3 is 2.62 bits per heavy atom. The first kappa shape index (κ1) is 22.1. The minimum atomic E-state index is -0.431. The van der Waals surface area contributed by atoms with Gasteiger partial charge in [-0.1, -0.05) is 23.7 Å². The average Bonchev–Trinajstić information content (AvgIpc) is 2.81. The van der Waals surface area contributed by atoms with Crippen molar-refractivity contribution < 1.29 is 14.0 Å². The van der Waals surface area contributed by atoms with Gasteiger partial charge in [-0.2, -0.15) is 0 Å². The summed E-state index contributed by atoms with van der Waals surface area (Å²) in [5.74, 6) is -0.185. The third kappa shape index (κ3) is 5.22. The number of hydrogen-bond donors (Lipinski definition) is 1. The van der Waals surface area contributed by atoms with Gasteiger partial charge in [0.05, 0.1) is 27.9 Å². The number of aromatic nitrogens is 2. The Labute approximate surface area is 190 Å². The smallest absolute Gasteiger partial charge is 0.271 e. The van der Waals surface area contributed by atoms with E-state index in [4.69, 9.17) is 11.6 Å². The Kier molecular flexibility index (Phi) is 6.95. The Bertz CT molecular complexity index is 1120. The maximum Gasteiger partial charge on any atom is 0.271 e. The van der Waals surface area contributed by atoms with Gasteiger partial charge in [-0.05, 0) is 68.4 Å². The number of halogens is 2. The van der Waals surface area contributed by atoms with Crippen molar-refractivity contribution in [3.8, 4) is 0 Å². The van der Waals surface area contributed by atoms with Crippen LogP contribution in [-0.2, 0) is 4.79 Å². The average molecular weight is 455 g/mol. The highest BCUT2D eigenvalue weighted by atomic mass is 35.5. The molecule has 0 radical (unpaired) electrons. The molecule has 1 N–H and O–H groups in total. The molecule has 1 aliphatic carbocycles. The Morgan fingerprint density at radius 1 is 1.16 bits per heavy atom. The monoisotopic (exact) mass is 454 g/mol. The van der Waals surface area contributed by atoms with Crippen molar-refractivity contribution >= 4 is 40.6 Å². The first-order chi connectivity index (χ1) is 15.5. The first-order valence-corrected chi connectivity index (χ1v) is 11.1. The maximum atomic E-state index is 13.3. The fraction of sp³-hybridized carbons (Fsp3) is 0.333. The lowest BCUT2D eigenvalue weighted by atomic mass is 9.84. The van der Waals surface area contributed by atoms with Gasteiger partial charge in [0.2, 0.25) is 6.41 Å². The molecular weight excluding hydrogens is 431 g/mol. The number of anilines is 1. The van der Waals surface area contributed by atoms with Gasteiger partial charge in [0.15, 0.2) is 0 Å². The summed E-state index contributed by atoms with van der Waals surface area (Å²) in [4.78, 5) is 34.4. The van der Waals surface area contributed by atoms with E-state index < -0.39 is 5.82 Å². The van der Waals surface area contributed by atoms with Crippen molar-refractivity contribution in [2.75, 3.05) is 11.4 Å². The molecule has 2 amide bonds. The van der Waals surface area contributed by atoms with Gasteiger partial charge in [-0.15, -0.1) is 0 Å². The molecule has 3 aromatic rings. The van der Waals surface area contributed by atoms with E-state index in [9.17, 15) is 14.0 Å². The molecular formula is C24H24ClFN4O2. The van der Waals surface area contributed by atoms with Crippen molar-refractivity contribution in [3.63, 3.8) is 0 Å². The van der Waals surface area contributed by atoms with E-state index in [1.807, 2.05) is 24.3 Å². The number of rotatable bonds is 7. The molecule has 32 heavy (non-hydrogen) atoms. The number of para-hydroxylation sites is 2. The number of fused-ring (bicyclic) bond motifs is 1. The standard InChI is InChI=1S/C24H24ClFN4O2/c25-19-13-17(26)7-10-23(19)30(15-31)12-11-16-5-8-18(9-6-16)28-24(32)22-14-27-20-3-1-2-4-21(20)29-22/h1-4,7,10,13-16,18H,5-6,8-9,11-12H2,(H,28,32). The first-order valence-electron chi connectivity index (χ1n) is 10.7. The Morgan fingerprint density at radius 2 is 1.91 bits per heavy atom. The molecule has 2 aromatic carbocycles. The van der Waals surface area contributed by atoms with E-state index in [-0.39, 0.29) is 17.0 Å². The van der Waals surface area contributed by atoms with Crippen LogP contribution in [-0.4, -0.2) is 34.9 Å². The number of carbonyl (C=O) groups is 2. The van der Waals surface area contributed by atoms with Gasteiger partial charge in [-0.3, -0.25) is 14.6 Å². The predicted molar refractivity (Wildman–Crippen MR) is 122 cm³/mol. The van der Waals surface area contributed by atoms with Crippen molar-refractivity contribution in [2.45, 2.75) is 38.1 Å². The molecule has 0 atom stereocenters. The van der Waals surface area contributed by atoms with Crippen LogP contribution < -0.4 is 10.2 Å². The minimum absolute atomic E-state index is 0.0979. The molecule has 1 saturated carbocycles. The molecule has 1 heterocycles. The van der Waals surface area contributed by atoms with E-state index in [0.29, 0.717) is 29.4 Å². The molecule has 0 aliphatic heterocycles. The van der Waals surface area contributed by atoms with Crippen LogP contribution in [0.25, 0.3) is 11.0 Å². The van der Waals surface area contributed by atoms with E-state index >= 15 is 0 Å². The summed E-state index contributed by atoms with van der Waals surface area (Å²) in [6.45, 7) is 0.517. The van der Waals surface area contributed by atoms with Gasteiger partial charge >= 0.3 is 0 Å². The SMILES string of the molecule is O=CN(CCC1CCC(NC(=O)c2cnc3ccccc3n2)CC1)c1ccc(F)cc1Cl. The summed E-state index contributed by atoms with van der Waals surface area (Å²) in [7, 11) is 0. The van der Waals surface area contributed by atoms with Crippen molar-refractivity contribution in [3.05, 3.63) is 65.2 Å². The van der Waals surface area contributed by atoms with Gasteiger partial charge in [0.1, 0.15) is 11.5 Å². The van der Waals surface area contributed by atoms with Crippen LogP contribution in [0.5, 0.6) is 0 Å². The summed E-state index contributed by atoms with van der Waals surface area (Å²) in [5.41, 5.74) is 2.30. The predicted octanol–water partition coefficient (Wildman–Crippen LogP) is 4.76. The molecule has 0 spiro atoms. The number of amides is 2. The molecule has 0 unspecified atom stereocenters. The molecule has 166 valence electrons. The molecule has 6 nitrogen and oxygen atoms in total. The van der Waals surface area contributed by atoms with Gasteiger partial charge in [-0.25, -0.2) is 9.37 Å². The van der Waals surface area contributed by atoms with E-state index in [1.165, 1.54) is 29.3 Å². The quantitative estimate of drug-likeness (QED) is 0.522. The highest BCUT2D eigenvalue weighted by Crippen LogP contribution is 2.30. The largest absolute Gasteiger partial charge is 0.348 e. The van der Waals surface area contributed by atoms with Crippen molar-refractivity contribution in [1.82, 2.24) is 15.3 Å². The zero-order valence-corrected chi connectivity index (χ0v) is 18.3. The zero-order valence-electron chi connectivity index (χ0n) is 17.5. The highest BCUT2D eigenvalue weighted by molar-refractivity contribution is 6.33. The zero-order chi connectivity index (χ0) is 22.5. The van der Waals surface area contributed by atoms with E-state index in [1.54, 1.807) is 0 Å². The van der Waals surface area contributed by atoms with Crippen LogP contribution in [0.3, 0.4) is 0 Å². The normalized spacial score (nSPS) is 18.3. The van der Waals surface area contributed by atoms with Crippen LogP contribution in [0, 0.1) is 11.7 Å². The molecule has 0 bridgehead atoms. The molecule has 4 rings (SSSR count). The summed E-state index contributed by atoms with van der Waals surface area (Å²) >= 11 is 6.08. The second kappa shape index (κ2) is 10.0. The van der Waals surface area contributed by atoms with E-state index in [0.717, 1.165) is 44.0 Å². The van der Waals surface area contributed by atoms with Crippen LogP contribution >= 0.6 is 11.6 Å². The molecule has 1 aliphatic rings. The number of nitrogens with zero attached hydrogens (tertiary/aromatic N) is 3. The summed E-state index contributed by atoms with van der Waals surface area (Å²) in [6.07, 6.45) is 6.72. The Hall–Kier alpha value is -3.06. The summed E-state index contributed by atoms with van der Waals surface area (Å²) in [5, 5.41) is 3.30. The van der Waals surface area contributed by atoms with Crippen LogP contribution in [0.2, 0.25) is 5.02 Å². The lowest BCUT2D eigenvalue weighted by Crippen LogP contribution is -2.38. The second-order valence-corrected chi connectivity index (χ2v) is 8.53. The van der Waals surface area contributed by atoms with Crippen molar-refractivity contribution in [1.29, 1.82) is 0 Å². The summed E-state index contributed by atoms with van der Waals surface area (Å²) in [6, 6.07) is 11.6. The lowest BCUT2D eigenvalue weighted by molar-refractivity contribution is -0.107. The second-order valence-electron chi connectivity index (χ2n) is 8.12. The van der Waals surface area contributed by atoms with Gasteiger partial charge < -0.3 is 10.2 Å². The van der Waals surface area contributed by atoms with Crippen molar-refractivity contribution in [2.24, 2.45) is 5.92 Å². The number of carbonyl (C=O) groups excluding carboxylic acids is 2. The number of nitrogens with one attached hydrogen (secondary N) is 1. The molecule has 1 fully saturated rings. The molecule has 8 heteroatoms. The van der Waals surface area contributed by atoms with Crippen LogP contribution in [0.4, 0.5) is 10.1 Å². The fourth-order valence-electron chi connectivity index (χ4n) is 4.19. The molecule has 1 aromatic heterocycles. The van der Waals surface area contributed by atoms with E-state index in [2.05, 4.69) is 15.3 Å².